The summed E-state index contributed by atoms with van der Waals surface area (Å²) in [5, 5.41) is 22.2. The van der Waals surface area contributed by atoms with Crippen LogP contribution in [0.4, 0.5) is 13.2 Å². The first-order valence-electron chi connectivity index (χ1n) is 8.26. The summed E-state index contributed by atoms with van der Waals surface area (Å²) in [5.74, 6) is -7.44. The number of aliphatic hydroxyl groups excluding tert-OH is 1. The summed E-state index contributed by atoms with van der Waals surface area (Å²) in [6.45, 7) is 1.27. The number of rotatable bonds is 3. The number of carbonyl (C=O) groups is 1. The number of halogens is 3. The highest BCUT2D eigenvalue weighted by Gasteiger charge is 2.48. The fourth-order valence-corrected chi connectivity index (χ4v) is 3.89. The highest BCUT2D eigenvalue weighted by molar-refractivity contribution is 5.95. The molecule has 0 aromatic heterocycles. The largest absolute Gasteiger partial charge is 0.503 e. The molecule has 1 spiro atoms. The average molecular weight is 359 g/mol. The van der Waals surface area contributed by atoms with Crippen LogP contribution in [-0.2, 0) is 4.74 Å². The molecule has 1 saturated heterocycles. The first-order valence-corrected chi connectivity index (χ1v) is 8.26. The highest BCUT2D eigenvalue weighted by Crippen LogP contribution is 2.48. The predicted molar refractivity (Wildman–Crippen MR) is 81.5 cm³/mol. The fraction of sp³-hybridized carbons (Fsp3) is 0.588. The molecule has 1 saturated carbocycles. The molecule has 2 unspecified atom stereocenters. The fourth-order valence-electron chi connectivity index (χ4n) is 3.89. The second-order valence-corrected chi connectivity index (χ2v) is 6.81. The summed E-state index contributed by atoms with van der Waals surface area (Å²) in [4.78, 5) is 12.1. The SMILES string of the molecule is O=C(NCC1CCC2(CCOCC2)C1O)c1cc(F)c(F)c(O)c1F. The summed E-state index contributed by atoms with van der Waals surface area (Å²) in [7, 11) is 0. The number of aliphatic hydroxyl groups is 1. The van der Waals surface area contributed by atoms with Gasteiger partial charge in [0.1, 0.15) is 0 Å². The minimum Gasteiger partial charge on any atom is -0.503 e. The lowest BCUT2D eigenvalue weighted by Crippen LogP contribution is -2.41. The second kappa shape index (κ2) is 6.84. The summed E-state index contributed by atoms with van der Waals surface area (Å²) in [6, 6.07) is 0.408. The van der Waals surface area contributed by atoms with E-state index in [1.54, 1.807) is 0 Å². The van der Waals surface area contributed by atoms with Crippen LogP contribution in [0.2, 0.25) is 0 Å². The maximum absolute atomic E-state index is 13.8. The molecule has 1 amide bonds. The van der Waals surface area contributed by atoms with Crippen LogP contribution in [0.15, 0.2) is 6.07 Å². The molecule has 8 heteroatoms. The molecule has 1 heterocycles. The van der Waals surface area contributed by atoms with E-state index in [0.29, 0.717) is 25.7 Å². The molecule has 5 nitrogen and oxygen atoms in total. The van der Waals surface area contributed by atoms with Gasteiger partial charge in [0.05, 0.1) is 11.7 Å². The van der Waals surface area contributed by atoms with E-state index >= 15 is 0 Å². The standard InChI is InChI=1S/C17H20F3NO4/c18-11-7-10(12(19)14(22)13(11)20)16(24)21-8-9-1-2-17(15(9)23)3-5-25-6-4-17/h7,9,15,22-23H,1-6,8H2,(H,21,24). The van der Waals surface area contributed by atoms with E-state index in [4.69, 9.17) is 4.74 Å². The lowest BCUT2D eigenvalue weighted by Gasteiger charge is -2.37. The van der Waals surface area contributed by atoms with E-state index in [9.17, 15) is 28.2 Å². The maximum Gasteiger partial charge on any atom is 0.254 e. The van der Waals surface area contributed by atoms with Gasteiger partial charge in [-0.3, -0.25) is 4.79 Å². The molecule has 0 bridgehead atoms. The zero-order valence-corrected chi connectivity index (χ0v) is 13.5. The van der Waals surface area contributed by atoms with Crippen LogP contribution in [0.5, 0.6) is 5.75 Å². The zero-order chi connectivity index (χ0) is 18.2. The maximum atomic E-state index is 13.8. The number of hydrogen-bond donors (Lipinski definition) is 3. The number of nitrogens with one attached hydrogen (secondary N) is 1. The molecule has 25 heavy (non-hydrogen) atoms. The van der Waals surface area contributed by atoms with Crippen molar-refractivity contribution in [1.29, 1.82) is 0 Å². The van der Waals surface area contributed by atoms with Gasteiger partial charge in [0.2, 0.25) is 5.82 Å². The van der Waals surface area contributed by atoms with Crippen molar-refractivity contribution >= 4 is 5.91 Å². The number of phenols is 1. The Balaban J connectivity index is 1.65. The number of benzene rings is 1. The Bertz CT molecular complexity index is 676. The quantitative estimate of drug-likeness (QED) is 0.723. The van der Waals surface area contributed by atoms with Crippen LogP contribution in [0.1, 0.15) is 36.0 Å². The van der Waals surface area contributed by atoms with Gasteiger partial charge in [0.25, 0.3) is 5.91 Å². The van der Waals surface area contributed by atoms with Gasteiger partial charge in [0.15, 0.2) is 17.4 Å². The molecule has 1 aliphatic carbocycles. The predicted octanol–water partition coefficient (Wildman–Crippen LogP) is 2.11. The molecule has 3 N–H and O–H groups in total. The van der Waals surface area contributed by atoms with E-state index < -0.39 is 40.8 Å². The number of hydrogen-bond acceptors (Lipinski definition) is 4. The number of amides is 1. The molecule has 138 valence electrons. The van der Waals surface area contributed by atoms with Crippen molar-refractivity contribution in [2.75, 3.05) is 19.8 Å². The van der Waals surface area contributed by atoms with Crippen molar-refractivity contribution < 1.29 is 32.9 Å². The van der Waals surface area contributed by atoms with Crippen LogP contribution in [-0.4, -0.2) is 42.0 Å². The smallest absolute Gasteiger partial charge is 0.254 e. The second-order valence-electron chi connectivity index (χ2n) is 6.81. The third-order valence-corrected chi connectivity index (χ3v) is 5.48. The minimum absolute atomic E-state index is 0.0851. The molecule has 3 rings (SSSR count). The van der Waals surface area contributed by atoms with Gasteiger partial charge in [-0.25, -0.2) is 8.78 Å². The molecule has 1 aromatic carbocycles. The Hall–Kier alpha value is -1.80. The molecule has 0 radical (unpaired) electrons. The van der Waals surface area contributed by atoms with Crippen molar-refractivity contribution in [3.8, 4) is 5.75 Å². The molecule has 2 aliphatic rings. The Morgan fingerprint density at radius 2 is 1.92 bits per heavy atom. The molecule has 1 aromatic rings. The molecular weight excluding hydrogens is 339 g/mol. The topological polar surface area (TPSA) is 78.8 Å². The lowest BCUT2D eigenvalue weighted by atomic mass is 9.76. The summed E-state index contributed by atoms with van der Waals surface area (Å²) in [6.07, 6.45) is 2.42. The van der Waals surface area contributed by atoms with E-state index in [-0.39, 0.29) is 17.9 Å². The van der Waals surface area contributed by atoms with E-state index in [0.717, 1.165) is 19.3 Å². The van der Waals surface area contributed by atoms with Crippen molar-refractivity contribution in [3.05, 3.63) is 29.1 Å². The van der Waals surface area contributed by atoms with Crippen LogP contribution in [0, 0.1) is 28.8 Å². The van der Waals surface area contributed by atoms with Crippen molar-refractivity contribution in [2.45, 2.75) is 31.8 Å². The van der Waals surface area contributed by atoms with Gasteiger partial charge in [-0.1, -0.05) is 0 Å². The number of phenolic OH excluding ortho intramolecular Hbond substituents is 1. The molecular formula is C17H20F3NO4. The number of ether oxygens (including phenoxy) is 1. The van der Waals surface area contributed by atoms with E-state index in [2.05, 4.69) is 5.32 Å². The van der Waals surface area contributed by atoms with E-state index in [1.807, 2.05) is 0 Å². The monoisotopic (exact) mass is 359 g/mol. The molecule has 2 atom stereocenters. The Morgan fingerprint density at radius 3 is 2.60 bits per heavy atom. The van der Waals surface area contributed by atoms with Crippen molar-refractivity contribution in [1.82, 2.24) is 5.32 Å². The minimum atomic E-state index is -1.73. The third kappa shape index (κ3) is 3.20. The average Bonchev–Trinajstić information content (AvgIpc) is 2.91. The number of aromatic hydroxyl groups is 1. The lowest BCUT2D eigenvalue weighted by molar-refractivity contribution is -0.0555. The summed E-state index contributed by atoms with van der Waals surface area (Å²) in [5.41, 5.74) is -0.983. The summed E-state index contributed by atoms with van der Waals surface area (Å²) >= 11 is 0. The van der Waals surface area contributed by atoms with Crippen molar-refractivity contribution in [2.24, 2.45) is 11.3 Å². The first kappa shape index (κ1) is 18.0. The van der Waals surface area contributed by atoms with Crippen LogP contribution in [0.3, 0.4) is 0 Å². The third-order valence-electron chi connectivity index (χ3n) is 5.48. The van der Waals surface area contributed by atoms with Crippen molar-refractivity contribution in [3.63, 3.8) is 0 Å². The highest BCUT2D eigenvalue weighted by atomic mass is 19.2. The van der Waals surface area contributed by atoms with Gasteiger partial charge in [-0.15, -0.1) is 0 Å². The van der Waals surface area contributed by atoms with Gasteiger partial charge in [0, 0.05) is 31.1 Å². The van der Waals surface area contributed by atoms with E-state index in [1.165, 1.54) is 0 Å². The number of carbonyl (C=O) groups excluding carboxylic acids is 1. The Labute approximate surface area is 142 Å². The summed E-state index contributed by atoms with van der Waals surface area (Å²) < 4.78 is 45.5. The normalized spacial score (nSPS) is 25.3. The van der Waals surface area contributed by atoms with Crippen LogP contribution < -0.4 is 5.32 Å². The first-order chi connectivity index (χ1) is 11.9. The van der Waals surface area contributed by atoms with Gasteiger partial charge < -0.3 is 20.3 Å². The Morgan fingerprint density at radius 1 is 1.24 bits per heavy atom. The van der Waals surface area contributed by atoms with Crippen LogP contribution in [0.25, 0.3) is 0 Å². The van der Waals surface area contributed by atoms with Gasteiger partial charge in [-0.05, 0) is 31.7 Å². The van der Waals surface area contributed by atoms with Gasteiger partial charge >= 0.3 is 0 Å². The van der Waals surface area contributed by atoms with Gasteiger partial charge in [-0.2, -0.15) is 4.39 Å². The van der Waals surface area contributed by atoms with Crippen LogP contribution >= 0.6 is 0 Å². The Kier molecular flexibility index (Phi) is 4.92. The molecule has 2 fully saturated rings. The molecule has 1 aliphatic heterocycles. The zero-order valence-electron chi connectivity index (χ0n) is 13.5.